The van der Waals surface area contributed by atoms with Crippen LogP contribution in [0.25, 0.3) is 11.1 Å². The van der Waals surface area contributed by atoms with Gasteiger partial charge in [-0.25, -0.2) is 4.39 Å². The first-order valence-electron chi connectivity index (χ1n) is 6.69. The highest BCUT2D eigenvalue weighted by Crippen LogP contribution is 2.27. The third-order valence-electron chi connectivity index (χ3n) is 3.48. The highest BCUT2D eigenvalue weighted by Gasteiger charge is 2.10. The molecule has 0 aliphatic rings. The van der Waals surface area contributed by atoms with Gasteiger partial charge in [0.15, 0.2) is 0 Å². The summed E-state index contributed by atoms with van der Waals surface area (Å²) in [6.45, 7) is 4.12. The third kappa shape index (κ3) is 3.02. The highest BCUT2D eigenvalue weighted by molar-refractivity contribution is 5.65. The van der Waals surface area contributed by atoms with E-state index in [2.05, 4.69) is 24.4 Å². The van der Waals surface area contributed by atoms with Crippen LogP contribution in [0.15, 0.2) is 42.5 Å². The quantitative estimate of drug-likeness (QED) is 0.852. The van der Waals surface area contributed by atoms with Gasteiger partial charge in [-0.05, 0) is 49.7 Å². The first-order chi connectivity index (χ1) is 9.15. The molecule has 0 fully saturated rings. The summed E-state index contributed by atoms with van der Waals surface area (Å²) in [6.07, 6.45) is 1.01. The lowest BCUT2D eigenvalue weighted by Crippen LogP contribution is -2.15. The number of benzene rings is 2. The molecule has 0 aliphatic heterocycles. The maximum atomic E-state index is 13.9. The standard InChI is InChI=1S/C17H20FN/c1-4-17(19-3)14-7-5-6-13(11-14)15-10-12(2)8-9-16(15)18/h5-11,17,19H,4H2,1-3H3. The van der Waals surface area contributed by atoms with Crippen molar-refractivity contribution in [2.24, 2.45) is 0 Å². The van der Waals surface area contributed by atoms with Crippen LogP contribution in [0.2, 0.25) is 0 Å². The molecule has 0 saturated carbocycles. The summed E-state index contributed by atoms with van der Waals surface area (Å²) in [6, 6.07) is 13.7. The second-order valence-corrected chi connectivity index (χ2v) is 4.86. The SMILES string of the molecule is CCC(NC)c1cccc(-c2cc(C)ccc2F)c1. The first-order valence-corrected chi connectivity index (χ1v) is 6.69. The van der Waals surface area contributed by atoms with Crippen LogP contribution in [-0.4, -0.2) is 7.05 Å². The van der Waals surface area contributed by atoms with Crippen LogP contribution in [-0.2, 0) is 0 Å². The van der Waals surface area contributed by atoms with E-state index in [0.717, 1.165) is 17.5 Å². The topological polar surface area (TPSA) is 12.0 Å². The van der Waals surface area contributed by atoms with E-state index in [1.807, 2.05) is 32.2 Å². The number of hydrogen-bond donors (Lipinski definition) is 1. The monoisotopic (exact) mass is 257 g/mol. The Hall–Kier alpha value is -1.67. The van der Waals surface area contributed by atoms with E-state index in [9.17, 15) is 4.39 Å². The molecule has 1 N–H and O–H groups in total. The van der Waals surface area contributed by atoms with Gasteiger partial charge in [0.2, 0.25) is 0 Å². The van der Waals surface area contributed by atoms with Gasteiger partial charge in [-0.3, -0.25) is 0 Å². The molecule has 0 spiro atoms. The number of rotatable bonds is 4. The van der Waals surface area contributed by atoms with E-state index in [1.165, 1.54) is 11.6 Å². The van der Waals surface area contributed by atoms with Crippen LogP contribution >= 0.6 is 0 Å². The van der Waals surface area contributed by atoms with Crippen LogP contribution < -0.4 is 5.32 Å². The summed E-state index contributed by atoms with van der Waals surface area (Å²) >= 11 is 0. The molecule has 2 rings (SSSR count). The maximum Gasteiger partial charge on any atom is 0.131 e. The van der Waals surface area contributed by atoms with Crippen LogP contribution in [0.1, 0.15) is 30.5 Å². The lowest BCUT2D eigenvalue weighted by Gasteiger charge is -2.15. The highest BCUT2D eigenvalue weighted by atomic mass is 19.1. The van der Waals surface area contributed by atoms with Crippen molar-refractivity contribution in [3.05, 3.63) is 59.4 Å². The van der Waals surface area contributed by atoms with Gasteiger partial charge < -0.3 is 5.32 Å². The van der Waals surface area contributed by atoms with E-state index >= 15 is 0 Å². The van der Waals surface area contributed by atoms with E-state index in [0.29, 0.717) is 11.6 Å². The number of aryl methyl sites for hydroxylation is 1. The van der Waals surface area contributed by atoms with Crippen molar-refractivity contribution >= 4 is 0 Å². The number of hydrogen-bond acceptors (Lipinski definition) is 1. The van der Waals surface area contributed by atoms with Gasteiger partial charge >= 0.3 is 0 Å². The predicted octanol–water partition coefficient (Wildman–Crippen LogP) is 4.47. The molecule has 0 aliphatic carbocycles. The summed E-state index contributed by atoms with van der Waals surface area (Å²) < 4.78 is 13.9. The van der Waals surface area contributed by atoms with Crippen molar-refractivity contribution in [1.29, 1.82) is 0 Å². The van der Waals surface area contributed by atoms with E-state index in [1.54, 1.807) is 6.07 Å². The van der Waals surface area contributed by atoms with E-state index < -0.39 is 0 Å². The minimum absolute atomic E-state index is 0.166. The van der Waals surface area contributed by atoms with Gasteiger partial charge in [-0.1, -0.05) is 36.8 Å². The van der Waals surface area contributed by atoms with Gasteiger partial charge in [0.1, 0.15) is 5.82 Å². The summed E-state index contributed by atoms with van der Waals surface area (Å²) in [4.78, 5) is 0. The average Bonchev–Trinajstić information content (AvgIpc) is 2.43. The van der Waals surface area contributed by atoms with Gasteiger partial charge in [-0.2, -0.15) is 0 Å². The van der Waals surface area contributed by atoms with Gasteiger partial charge in [0.05, 0.1) is 0 Å². The van der Waals surface area contributed by atoms with Crippen molar-refractivity contribution in [3.8, 4) is 11.1 Å². The normalized spacial score (nSPS) is 12.4. The van der Waals surface area contributed by atoms with Crippen LogP contribution in [0, 0.1) is 12.7 Å². The van der Waals surface area contributed by atoms with Gasteiger partial charge in [0, 0.05) is 11.6 Å². The minimum atomic E-state index is -0.166. The molecular formula is C17H20FN. The molecule has 0 amide bonds. The molecule has 1 atom stereocenters. The molecule has 100 valence electrons. The first kappa shape index (κ1) is 13.8. The zero-order chi connectivity index (χ0) is 13.8. The second kappa shape index (κ2) is 5.98. The molecule has 2 aromatic rings. The summed E-state index contributed by atoms with van der Waals surface area (Å²) in [5, 5.41) is 3.28. The zero-order valence-corrected chi connectivity index (χ0v) is 11.7. The summed E-state index contributed by atoms with van der Waals surface area (Å²) in [5.74, 6) is -0.166. The van der Waals surface area contributed by atoms with Crippen molar-refractivity contribution in [2.45, 2.75) is 26.3 Å². The maximum absolute atomic E-state index is 13.9. The molecule has 0 saturated heterocycles. The molecule has 0 bridgehead atoms. The molecule has 0 aromatic heterocycles. The second-order valence-electron chi connectivity index (χ2n) is 4.86. The lowest BCUT2D eigenvalue weighted by molar-refractivity contribution is 0.577. The molecule has 1 nitrogen and oxygen atoms in total. The Morgan fingerprint density at radius 3 is 2.63 bits per heavy atom. The molecule has 0 radical (unpaired) electrons. The zero-order valence-electron chi connectivity index (χ0n) is 11.7. The minimum Gasteiger partial charge on any atom is -0.313 e. The van der Waals surface area contributed by atoms with Gasteiger partial charge in [-0.15, -0.1) is 0 Å². The Bertz CT molecular complexity index is 559. The fraction of sp³-hybridized carbons (Fsp3) is 0.294. The largest absolute Gasteiger partial charge is 0.313 e. The van der Waals surface area contributed by atoms with E-state index in [4.69, 9.17) is 0 Å². The lowest BCUT2D eigenvalue weighted by atomic mass is 9.97. The Labute approximate surface area is 114 Å². The van der Waals surface area contributed by atoms with Crippen molar-refractivity contribution in [3.63, 3.8) is 0 Å². The van der Waals surface area contributed by atoms with Crippen LogP contribution in [0.3, 0.4) is 0 Å². The smallest absolute Gasteiger partial charge is 0.131 e. The van der Waals surface area contributed by atoms with E-state index in [-0.39, 0.29) is 5.82 Å². The summed E-state index contributed by atoms with van der Waals surface area (Å²) in [5.41, 5.74) is 3.88. The Morgan fingerprint density at radius 1 is 1.16 bits per heavy atom. The fourth-order valence-corrected chi connectivity index (χ4v) is 2.39. The molecule has 2 heteroatoms. The van der Waals surface area contributed by atoms with Crippen molar-refractivity contribution in [1.82, 2.24) is 5.32 Å². The Morgan fingerprint density at radius 2 is 1.95 bits per heavy atom. The van der Waals surface area contributed by atoms with Crippen molar-refractivity contribution < 1.29 is 4.39 Å². The Kier molecular flexibility index (Phi) is 4.33. The molecule has 2 aromatic carbocycles. The Balaban J connectivity index is 2.45. The van der Waals surface area contributed by atoms with Gasteiger partial charge in [0.25, 0.3) is 0 Å². The molecule has 19 heavy (non-hydrogen) atoms. The predicted molar refractivity (Wildman–Crippen MR) is 78.7 cm³/mol. The summed E-state index contributed by atoms with van der Waals surface area (Å²) in [7, 11) is 1.95. The number of halogens is 1. The van der Waals surface area contributed by atoms with Crippen molar-refractivity contribution in [2.75, 3.05) is 7.05 Å². The molecule has 0 heterocycles. The molecular weight excluding hydrogens is 237 g/mol. The van der Waals surface area contributed by atoms with Crippen LogP contribution in [0.4, 0.5) is 4.39 Å². The fourth-order valence-electron chi connectivity index (χ4n) is 2.39. The number of nitrogens with one attached hydrogen (secondary N) is 1. The van der Waals surface area contributed by atoms with Crippen LogP contribution in [0.5, 0.6) is 0 Å². The third-order valence-corrected chi connectivity index (χ3v) is 3.48. The average molecular weight is 257 g/mol. The molecule has 1 unspecified atom stereocenters.